The van der Waals surface area contributed by atoms with Gasteiger partial charge in [-0.1, -0.05) is 0 Å². The molecule has 0 radical (unpaired) electrons. The van der Waals surface area contributed by atoms with E-state index < -0.39 is 5.97 Å². The van der Waals surface area contributed by atoms with E-state index in [1.165, 1.54) is 0 Å². The van der Waals surface area contributed by atoms with Gasteiger partial charge < -0.3 is 10.0 Å². The molecule has 62 valence electrons. The van der Waals surface area contributed by atoms with Crippen molar-refractivity contribution in [2.24, 2.45) is 17.8 Å². The number of hydrogen-bond donors (Lipinski definition) is 1. The van der Waals surface area contributed by atoms with Crippen LogP contribution in [0.2, 0.25) is 0 Å². The summed E-state index contributed by atoms with van der Waals surface area (Å²) in [5.74, 6) is 0.586. The molecule has 1 N–H and O–H groups in total. The topological polar surface area (TPSA) is 40.5 Å². The van der Waals surface area contributed by atoms with E-state index in [4.69, 9.17) is 5.11 Å². The summed E-state index contributed by atoms with van der Waals surface area (Å²) in [5.41, 5.74) is 0. The number of nitrogens with zero attached hydrogens (tertiary/aromatic N) is 1. The second-order valence-corrected chi connectivity index (χ2v) is 3.83. The number of aliphatic carboxylic acids is 1. The zero-order chi connectivity index (χ0) is 8.01. The van der Waals surface area contributed by atoms with Crippen molar-refractivity contribution >= 4 is 5.97 Å². The molecule has 2 atom stereocenters. The summed E-state index contributed by atoms with van der Waals surface area (Å²) < 4.78 is 0. The zero-order valence-electron chi connectivity index (χ0n) is 6.66. The lowest BCUT2D eigenvalue weighted by molar-refractivity contribution is -0.139. The number of carboxylic acids is 1. The molecular weight excluding hydrogens is 142 g/mol. The van der Waals surface area contributed by atoms with Crippen molar-refractivity contribution in [2.75, 3.05) is 20.1 Å². The molecule has 2 unspecified atom stereocenters. The Balaban J connectivity index is 1.79. The molecule has 3 nitrogen and oxygen atoms in total. The van der Waals surface area contributed by atoms with Crippen LogP contribution < -0.4 is 0 Å². The first kappa shape index (κ1) is 7.10. The predicted molar refractivity (Wildman–Crippen MR) is 40.2 cm³/mol. The third kappa shape index (κ3) is 1.13. The Bertz CT molecular complexity index is 187. The molecule has 2 rings (SSSR count). The van der Waals surface area contributed by atoms with Gasteiger partial charge in [0.2, 0.25) is 0 Å². The molecular formula is C8H13NO2. The first-order chi connectivity index (χ1) is 5.18. The van der Waals surface area contributed by atoms with E-state index in [1.807, 2.05) is 0 Å². The Morgan fingerprint density at radius 1 is 1.55 bits per heavy atom. The van der Waals surface area contributed by atoms with Gasteiger partial charge in [0.15, 0.2) is 0 Å². The summed E-state index contributed by atoms with van der Waals surface area (Å²) in [4.78, 5) is 12.7. The lowest BCUT2D eigenvalue weighted by Gasteiger charge is -2.36. The quantitative estimate of drug-likeness (QED) is 0.622. The Labute approximate surface area is 66.0 Å². The van der Waals surface area contributed by atoms with Gasteiger partial charge in [-0.3, -0.25) is 4.79 Å². The Hall–Kier alpha value is -0.570. The van der Waals surface area contributed by atoms with Gasteiger partial charge in [0.1, 0.15) is 0 Å². The molecule has 11 heavy (non-hydrogen) atoms. The first-order valence-corrected chi connectivity index (χ1v) is 4.10. The fourth-order valence-corrected chi connectivity index (χ4v) is 2.04. The van der Waals surface area contributed by atoms with Crippen LogP contribution >= 0.6 is 0 Å². The van der Waals surface area contributed by atoms with Gasteiger partial charge in [-0.2, -0.15) is 0 Å². The molecule has 0 aromatic heterocycles. The monoisotopic (exact) mass is 155 g/mol. The van der Waals surface area contributed by atoms with Gasteiger partial charge in [-0.15, -0.1) is 0 Å². The van der Waals surface area contributed by atoms with Crippen molar-refractivity contribution in [1.29, 1.82) is 0 Å². The van der Waals surface area contributed by atoms with Crippen LogP contribution in [-0.4, -0.2) is 36.1 Å². The standard InChI is InChI=1S/C8H13NO2/c1-9-3-5(4-9)6-2-7(6)8(10)11/h5-7H,2-4H2,1H3,(H,10,11). The second-order valence-electron chi connectivity index (χ2n) is 3.83. The maximum Gasteiger partial charge on any atom is 0.306 e. The van der Waals surface area contributed by atoms with E-state index in [-0.39, 0.29) is 5.92 Å². The fourth-order valence-electron chi connectivity index (χ4n) is 2.04. The summed E-state index contributed by atoms with van der Waals surface area (Å²) in [5, 5.41) is 8.64. The number of carboxylic acid groups (broad SMARTS) is 1. The highest BCUT2D eigenvalue weighted by Gasteiger charge is 2.50. The molecule has 1 aliphatic carbocycles. The normalized spacial score (nSPS) is 38.3. The molecule has 0 aromatic carbocycles. The van der Waals surface area contributed by atoms with E-state index in [9.17, 15) is 4.79 Å². The summed E-state index contributed by atoms with van der Waals surface area (Å²) >= 11 is 0. The van der Waals surface area contributed by atoms with Crippen molar-refractivity contribution < 1.29 is 9.90 Å². The summed E-state index contributed by atoms with van der Waals surface area (Å²) in [6.45, 7) is 2.21. The average molecular weight is 155 g/mol. The highest BCUT2D eigenvalue weighted by atomic mass is 16.4. The molecule has 1 heterocycles. The lowest BCUT2D eigenvalue weighted by atomic mass is 9.94. The van der Waals surface area contributed by atoms with Crippen LogP contribution in [0.3, 0.4) is 0 Å². The van der Waals surface area contributed by atoms with Gasteiger partial charge in [0.25, 0.3) is 0 Å². The molecule has 0 amide bonds. The minimum absolute atomic E-state index is 0.00583. The van der Waals surface area contributed by atoms with Crippen molar-refractivity contribution in [3.8, 4) is 0 Å². The van der Waals surface area contributed by atoms with Crippen LogP contribution in [-0.2, 0) is 4.79 Å². The van der Waals surface area contributed by atoms with Crippen LogP contribution in [0.4, 0.5) is 0 Å². The highest BCUT2D eigenvalue weighted by molar-refractivity contribution is 5.73. The van der Waals surface area contributed by atoms with E-state index >= 15 is 0 Å². The molecule has 1 saturated heterocycles. The minimum atomic E-state index is -0.593. The maximum absolute atomic E-state index is 10.5. The third-order valence-electron chi connectivity index (χ3n) is 2.85. The SMILES string of the molecule is CN1CC(C2CC2C(=O)O)C1. The van der Waals surface area contributed by atoms with E-state index in [1.54, 1.807) is 0 Å². The minimum Gasteiger partial charge on any atom is -0.481 e. The molecule has 1 aliphatic heterocycles. The number of likely N-dealkylation sites (tertiary alicyclic amines) is 1. The van der Waals surface area contributed by atoms with Gasteiger partial charge in [-0.25, -0.2) is 0 Å². The second kappa shape index (κ2) is 2.21. The van der Waals surface area contributed by atoms with Crippen molar-refractivity contribution in [3.05, 3.63) is 0 Å². The Morgan fingerprint density at radius 2 is 2.18 bits per heavy atom. The smallest absolute Gasteiger partial charge is 0.306 e. The van der Waals surface area contributed by atoms with Gasteiger partial charge in [0.05, 0.1) is 5.92 Å². The zero-order valence-corrected chi connectivity index (χ0v) is 6.66. The number of rotatable bonds is 2. The van der Waals surface area contributed by atoms with Crippen LogP contribution in [0, 0.1) is 17.8 Å². The maximum atomic E-state index is 10.5. The molecule has 0 bridgehead atoms. The van der Waals surface area contributed by atoms with Crippen molar-refractivity contribution in [2.45, 2.75) is 6.42 Å². The van der Waals surface area contributed by atoms with Crippen molar-refractivity contribution in [1.82, 2.24) is 4.90 Å². The van der Waals surface area contributed by atoms with Gasteiger partial charge in [-0.05, 0) is 25.3 Å². The Morgan fingerprint density at radius 3 is 2.55 bits per heavy atom. The van der Waals surface area contributed by atoms with Crippen LogP contribution in [0.25, 0.3) is 0 Å². The van der Waals surface area contributed by atoms with Crippen molar-refractivity contribution in [3.63, 3.8) is 0 Å². The third-order valence-corrected chi connectivity index (χ3v) is 2.85. The van der Waals surface area contributed by atoms with E-state index in [2.05, 4.69) is 11.9 Å². The highest BCUT2D eigenvalue weighted by Crippen LogP contribution is 2.47. The first-order valence-electron chi connectivity index (χ1n) is 4.10. The van der Waals surface area contributed by atoms with Gasteiger partial charge in [0, 0.05) is 13.1 Å². The fraction of sp³-hybridized carbons (Fsp3) is 0.875. The average Bonchev–Trinajstić information content (AvgIpc) is 2.58. The van der Waals surface area contributed by atoms with Gasteiger partial charge >= 0.3 is 5.97 Å². The van der Waals surface area contributed by atoms with E-state index in [0.29, 0.717) is 11.8 Å². The van der Waals surface area contributed by atoms with Crippen LogP contribution in [0.5, 0.6) is 0 Å². The molecule has 1 saturated carbocycles. The molecule has 0 aromatic rings. The number of hydrogen-bond acceptors (Lipinski definition) is 2. The summed E-state index contributed by atoms with van der Waals surface area (Å²) in [7, 11) is 2.08. The molecule has 2 aliphatic rings. The van der Waals surface area contributed by atoms with Crippen LogP contribution in [0.15, 0.2) is 0 Å². The molecule has 2 fully saturated rings. The lowest BCUT2D eigenvalue weighted by Crippen LogP contribution is -2.45. The summed E-state index contributed by atoms with van der Waals surface area (Å²) in [6.07, 6.45) is 0.924. The largest absolute Gasteiger partial charge is 0.481 e. The van der Waals surface area contributed by atoms with Crippen LogP contribution in [0.1, 0.15) is 6.42 Å². The molecule has 0 spiro atoms. The Kier molecular flexibility index (Phi) is 1.42. The number of carbonyl (C=O) groups is 1. The summed E-state index contributed by atoms with van der Waals surface area (Å²) in [6, 6.07) is 0. The van der Waals surface area contributed by atoms with E-state index in [0.717, 1.165) is 19.5 Å². The predicted octanol–water partition coefficient (Wildman–Crippen LogP) is 0.269. The molecule has 3 heteroatoms.